The van der Waals surface area contributed by atoms with Gasteiger partial charge < -0.3 is 9.90 Å². The van der Waals surface area contributed by atoms with Crippen LogP contribution in [0.5, 0.6) is 0 Å². The summed E-state index contributed by atoms with van der Waals surface area (Å²) in [6.07, 6.45) is 0.954. The molecule has 0 saturated heterocycles. The molecule has 0 aromatic carbocycles. The van der Waals surface area contributed by atoms with Crippen LogP contribution in [0.4, 0.5) is 0 Å². The SMILES string of the molecule is N=[N+]=NC1CC(C(=O)[O-])C1. The molecule has 1 aliphatic rings. The molecule has 0 aromatic heterocycles. The van der Waals surface area contributed by atoms with Gasteiger partial charge in [0.05, 0.1) is 0 Å². The van der Waals surface area contributed by atoms with E-state index >= 15 is 0 Å². The van der Waals surface area contributed by atoms with E-state index in [1.807, 2.05) is 0 Å². The Balaban J connectivity index is 2.30. The van der Waals surface area contributed by atoms with Crippen molar-refractivity contribution in [1.82, 2.24) is 4.91 Å². The zero-order valence-electron chi connectivity index (χ0n) is 5.28. The van der Waals surface area contributed by atoms with E-state index in [0.29, 0.717) is 12.8 Å². The number of carboxylic acid groups (broad SMARTS) is 1. The summed E-state index contributed by atoms with van der Waals surface area (Å²) in [5.41, 5.74) is 6.34. The van der Waals surface area contributed by atoms with Crippen molar-refractivity contribution in [2.75, 3.05) is 0 Å². The number of rotatable bonds is 2. The van der Waals surface area contributed by atoms with Crippen molar-refractivity contribution >= 4 is 5.97 Å². The largest absolute Gasteiger partial charge is 0.550 e. The van der Waals surface area contributed by atoms with Crippen LogP contribution >= 0.6 is 0 Å². The number of carboxylic acids is 1. The molecule has 1 aliphatic carbocycles. The maximum atomic E-state index is 10.1. The Morgan fingerprint density at radius 2 is 2.30 bits per heavy atom. The highest BCUT2D eigenvalue weighted by Crippen LogP contribution is 2.28. The monoisotopic (exact) mass is 141 g/mol. The Labute approximate surface area is 57.3 Å². The number of hydrogen-bond acceptors (Lipinski definition) is 4. The third kappa shape index (κ3) is 1.19. The average Bonchev–Trinajstić information content (AvgIpc) is 1.76. The highest BCUT2D eigenvalue weighted by Gasteiger charge is 2.33. The summed E-state index contributed by atoms with van der Waals surface area (Å²) in [4.78, 5) is 12.9. The summed E-state index contributed by atoms with van der Waals surface area (Å²) >= 11 is 0. The van der Waals surface area contributed by atoms with Gasteiger partial charge >= 0.3 is 0 Å². The first-order valence-electron chi connectivity index (χ1n) is 3.01. The molecule has 0 aliphatic heterocycles. The Bertz CT molecular complexity index is 185. The molecule has 1 rings (SSSR count). The zero-order chi connectivity index (χ0) is 7.56. The lowest BCUT2D eigenvalue weighted by Gasteiger charge is -2.28. The van der Waals surface area contributed by atoms with Gasteiger partial charge in [0.2, 0.25) is 4.91 Å². The van der Waals surface area contributed by atoms with Crippen LogP contribution in [0, 0.1) is 11.4 Å². The maximum Gasteiger partial charge on any atom is 0.214 e. The molecule has 5 nitrogen and oxygen atoms in total. The van der Waals surface area contributed by atoms with Gasteiger partial charge in [-0.15, -0.1) is 0 Å². The van der Waals surface area contributed by atoms with Crippen molar-refractivity contribution in [3.63, 3.8) is 0 Å². The normalized spacial score (nSPS) is 30.0. The van der Waals surface area contributed by atoms with Crippen LogP contribution in [-0.4, -0.2) is 12.0 Å². The van der Waals surface area contributed by atoms with Gasteiger partial charge in [-0.1, -0.05) is 0 Å². The molecule has 1 fully saturated rings. The molecule has 0 atom stereocenters. The summed E-state index contributed by atoms with van der Waals surface area (Å²) in [5.74, 6) is -1.38. The van der Waals surface area contributed by atoms with Crippen LogP contribution in [0.2, 0.25) is 0 Å². The van der Waals surface area contributed by atoms with Gasteiger partial charge in [0.15, 0.2) is 0 Å². The molecule has 0 bridgehead atoms. The van der Waals surface area contributed by atoms with Crippen molar-refractivity contribution in [1.29, 1.82) is 5.53 Å². The molecule has 10 heavy (non-hydrogen) atoms. The van der Waals surface area contributed by atoms with E-state index < -0.39 is 5.97 Å². The molecular formula is C5H7N3O2. The number of nitrogens with one attached hydrogen (secondary N) is 1. The number of nitrogens with zero attached hydrogens (tertiary/aromatic N) is 2. The number of carbonyl (C=O) groups excluding carboxylic acids is 1. The third-order valence-corrected chi connectivity index (χ3v) is 1.67. The van der Waals surface area contributed by atoms with Crippen molar-refractivity contribution < 1.29 is 9.90 Å². The second-order valence-electron chi connectivity index (χ2n) is 2.36. The summed E-state index contributed by atoms with van der Waals surface area (Å²) < 4.78 is 0. The van der Waals surface area contributed by atoms with Gasteiger partial charge in [-0.3, -0.25) is 0 Å². The molecule has 0 heterocycles. The van der Waals surface area contributed by atoms with Gasteiger partial charge in [0, 0.05) is 11.9 Å². The molecule has 5 heteroatoms. The zero-order valence-corrected chi connectivity index (χ0v) is 5.28. The fraction of sp³-hybridized carbons (Fsp3) is 0.800. The first-order valence-corrected chi connectivity index (χ1v) is 3.01. The van der Waals surface area contributed by atoms with Crippen LogP contribution in [0.1, 0.15) is 12.8 Å². The quantitative estimate of drug-likeness (QED) is 0.397. The predicted molar refractivity (Wildman–Crippen MR) is 28.8 cm³/mol. The van der Waals surface area contributed by atoms with E-state index in [0.717, 1.165) is 0 Å². The summed E-state index contributed by atoms with van der Waals surface area (Å²) in [6.45, 7) is 0. The van der Waals surface area contributed by atoms with Gasteiger partial charge in [-0.2, -0.15) is 0 Å². The van der Waals surface area contributed by atoms with Crippen molar-refractivity contribution in [3.05, 3.63) is 0 Å². The van der Waals surface area contributed by atoms with Gasteiger partial charge in [0.25, 0.3) is 0 Å². The average molecular weight is 141 g/mol. The Kier molecular flexibility index (Phi) is 1.78. The minimum atomic E-state index is -1.02. The molecule has 0 spiro atoms. The van der Waals surface area contributed by atoms with E-state index in [1.165, 1.54) is 0 Å². The molecule has 0 amide bonds. The highest BCUT2D eigenvalue weighted by atomic mass is 16.4. The molecule has 54 valence electrons. The van der Waals surface area contributed by atoms with E-state index in [1.54, 1.807) is 0 Å². The van der Waals surface area contributed by atoms with Crippen LogP contribution in [0.15, 0.2) is 5.11 Å². The van der Waals surface area contributed by atoms with Gasteiger partial charge in [-0.05, 0) is 12.8 Å². The Morgan fingerprint density at radius 1 is 1.70 bits per heavy atom. The van der Waals surface area contributed by atoms with Crippen LogP contribution in [-0.2, 0) is 4.79 Å². The maximum absolute atomic E-state index is 10.1. The van der Waals surface area contributed by atoms with E-state index in [-0.39, 0.29) is 12.0 Å². The Hall–Kier alpha value is -1.22. The lowest BCUT2D eigenvalue weighted by atomic mass is 9.81. The fourth-order valence-electron chi connectivity index (χ4n) is 0.956. The molecular weight excluding hydrogens is 134 g/mol. The summed E-state index contributed by atoms with van der Waals surface area (Å²) in [6, 6.07) is -0.0552. The molecule has 1 N–H and O–H groups in total. The van der Waals surface area contributed by atoms with Crippen LogP contribution < -0.4 is 10.0 Å². The topological polar surface area (TPSA) is 90.4 Å². The van der Waals surface area contributed by atoms with Crippen LogP contribution in [0.25, 0.3) is 0 Å². The predicted octanol–water partition coefficient (Wildman–Crippen LogP) is -0.935. The molecule has 0 radical (unpaired) electrons. The number of aliphatic carboxylic acids is 1. The van der Waals surface area contributed by atoms with Crippen molar-refractivity contribution in [2.24, 2.45) is 11.0 Å². The summed E-state index contributed by atoms with van der Waals surface area (Å²) in [7, 11) is 0. The first kappa shape index (κ1) is 6.89. The van der Waals surface area contributed by atoms with Crippen molar-refractivity contribution in [3.8, 4) is 0 Å². The molecule has 0 unspecified atom stereocenters. The smallest absolute Gasteiger partial charge is 0.214 e. The lowest BCUT2D eigenvalue weighted by molar-refractivity contribution is -0.314. The fourth-order valence-corrected chi connectivity index (χ4v) is 0.956. The lowest BCUT2D eigenvalue weighted by Crippen LogP contribution is -2.41. The number of hydrogen-bond donors (Lipinski definition) is 1. The highest BCUT2D eigenvalue weighted by molar-refractivity contribution is 5.68. The molecule has 1 saturated carbocycles. The number of carbonyl (C=O) groups is 1. The van der Waals surface area contributed by atoms with E-state index in [9.17, 15) is 9.90 Å². The minimum absolute atomic E-state index is 0.0552. The Morgan fingerprint density at radius 3 is 2.70 bits per heavy atom. The summed E-state index contributed by atoms with van der Waals surface area (Å²) in [5, 5.41) is 13.6. The minimum Gasteiger partial charge on any atom is -0.550 e. The van der Waals surface area contributed by atoms with Gasteiger partial charge in [0.1, 0.15) is 16.7 Å². The van der Waals surface area contributed by atoms with E-state index in [4.69, 9.17) is 5.53 Å². The second-order valence-corrected chi connectivity index (χ2v) is 2.36. The van der Waals surface area contributed by atoms with Crippen LogP contribution in [0.3, 0.4) is 0 Å². The standard InChI is InChI=1S/C5H7N3O2/c6-8-7-4-1-3(2-4)5(9)10/h3-4,6H,1-2H2. The van der Waals surface area contributed by atoms with Crippen molar-refractivity contribution in [2.45, 2.75) is 18.9 Å². The third-order valence-electron chi connectivity index (χ3n) is 1.67. The second kappa shape index (κ2) is 2.58. The van der Waals surface area contributed by atoms with Gasteiger partial charge in [-0.25, -0.2) is 0 Å². The molecule has 0 aromatic rings. The van der Waals surface area contributed by atoms with E-state index in [2.05, 4.69) is 10.0 Å². The first-order chi connectivity index (χ1) is 4.74.